The lowest BCUT2D eigenvalue weighted by Gasteiger charge is -2.58. The number of carboxylic acids is 1. The Morgan fingerprint density at radius 1 is 1.19 bits per heavy atom. The van der Waals surface area contributed by atoms with E-state index in [2.05, 4.69) is 0 Å². The lowest BCUT2D eigenvalue weighted by atomic mass is 9.45. The van der Waals surface area contributed by atoms with E-state index in [1.807, 2.05) is 0 Å². The van der Waals surface area contributed by atoms with Crippen LogP contribution in [0.5, 0.6) is 0 Å². The molecule has 1 heterocycles. The Kier molecular flexibility index (Phi) is 1.66. The average molecular weight is 222 g/mol. The normalized spacial score (nSPS) is 57.6. The lowest BCUT2D eigenvalue weighted by Crippen LogP contribution is -2.55. The minimum absolute atomic E-state index is 0.345. The molecule has 4 bridgehead atoms. The van der Waals surface area contributed by atoms with Crippen molar-refractivity contribution in [1.29, 1.82) is 0 Å². The van der Waals surface area contributed by atoms with Gasteiger partial charge in [-0.05, 0) is 55.8 Å². The van der Waals surface area contributed by atoms with Gasteiger partial charge in [0.05, 0.1) is 18.1 Å². The summed E-state index contributed by atoms with van der Waals surface area (Å²) >= 11 is 0. The van der Waals surface area contributed by atoms with Crippen LogP contribution < -0.4 is 0 Å². The Labute approximate surface area is 95.2 Å². The molecule has 16 heavy (non-hydrogen) atoms. The van der Waals surface area contributed by atoms with Gasteiger partial charge in [-0.15, -0.1) is 0 Å². The first kappa shape index (κ1) is 9.46. The average Bonchev–Trinajstić information content (AvgIpc) is 2.99. The first-order chi connectivity index (χ1) is 7.68. The molecule has 5 rings (SSSR count). The molecule has 3 nitrogen and oxygen atoms in total. The molecule has 1 N–H and O–H groups in total. The molecule has 3 heteroatoms. The van der Waals surface area contributed by atoms with E-state index in [9.17, 15) is 9.90 Å². The number of rotatable bonds is 2. The van der Waals surface area contributed by atoms with Crippen LogP contribution in [0.4, 0.5) is 0 Å². The van der Waals surface area contributed by atoms with Crippen LogP contribution >= 0.6 is 0 Å². The van der Waals surface area contributed by atoms with E-state index in [1.54, 1.807) is 0 Å². The molecule has 1 aliphatic heterocycles. The second-order valence-corrected chi connectivity index (χ2v) is 6.50. The quantitative estimate of drug-likeness (QED) is 0.726. The fourth-order valence-electron chi connectivity index (χ4n) is 5.21. The van der Waals surface area contributed by atoms with Gasteiger partial charge in [-0.1, -0.05) is 0 Å². The predicted molar refractivity (Wildman–Crippen MR) is 56.9 cm³/mol. The summed E-state index contributed by atoms with van der Waals surface area (Å²) < 4.78 is 5.48. The molecule has 0 amide bonds. The van der Waals surface area contributed by atoms with Crippen molar-refractivity contribution in [1.82, 2.24) is 0 Å². The van der Waals surface area contributed by atoms with Gasteiger partial charge in [0.25, 0.3) is 0 Å². The Morgan fingerprint density at radius 3 is 2.31 bits per heavy atom. The molecule has 0 aromatic heterocycles. The van der Waals surface area contributed by atoms with Gasteiger partial charge in [0.2, 0.25) is 0 Å². The number of hydrogen-bond acceptors (Lipinski definition) is 2. The molecule has 0 radical (unpaired) electrons. The number of hydrogen-bond donors (Lipinski definition) is 1. The highest BCUT2D eigenvalue weighted by Crippen LogP contribution is 2.64. The van der Waals surface area contributed by atoms with Crippen LogP contribution in [0.3, 0.4) is 0 Å². The topological polar surface area (TPSA) is 49.8 Å². The van der Waals surface area contributed by atoms with E-state index >= 15 is 0 Å². The summed E-state index contributed by atoms with van der Waals surface area (Å²) in [6.07, 6.45) is 5.85. The summed E-state index contributed by atoms with van der Waals surface area (Å²) in [5.74, 6) is 2.17. The van der Waals surface area contributed by atoms with Crippen molar-refractivity contribution in [2.75, 3.05) is 6.61 Å². The number of carboxylic acid groups (broad SMARTS) is 1. The molecule has 4 aliphatic carbocycles. The smallest absolute Gasteiger partial charge is 0.309 e. The minimum atomic E-state index is -0.526. The van der Waals surface area contributed by atoms with Crippen molar-refractivity contribution < 1.29 is 14.6 Å². The third kappa shape index (κ3) is 1.10. The fraction of sp³-hybridized carbons (Fsp3) is 0.923. The Bertz CT molecular complexity index is 331. The van der Waals surface area contributed by atoms with E-state index < -0.39 is 5.97 Å². The lowest BCUT2D eigenvalue weighted by molar-refractivity contribution is -0.171. The van der Waals surface area contributed by atoms with E-state index in [4.69, 9.17) is 4.74 Å². The van der Waals surface area contributed by atoms with Gasteiger partial charge < -0.3 is 9.84 Å². The maximum atomic E-state index is 11.5. The third-order valence-electron chi connectivity index (χ3n) is 5.59. The zero-order valence-electron chi connectivity index (χ0n) is 9.39. The van der Waals surface area contributed by atoms with Crippen molar-refractivity contribution in [2.24, 2.45) is 29.1 Å². The minimum Gasteiger partial charge on any atom is -0.481 e. The second kappa shape index (κ2) is 2.81. The molecular weight excluding hydrogens is 204 g/mol. The molecule has 4 saturated carbocycles. The molecule has 5 fully saturated rings. The first-order valence-electron chi connectivity index (χ1n) is 6.53. The maximum Gasteiger partial charge on any atom is 0.309 e. The van der Waals surface area contributed by atoms with Gasteiger partial charge in [-0.25, -0.2) is 0 Å². The van der Waals surface area contributed by atoms with Crippen molar-refractivity contribution in [3.63, 3.8) is 0 Å². The highest BCUT2D eigenvalue weighted by atomic mass is 16.6. The summed E-state index contributed by atoms with van der Waals surface area (Å²) in [6, 6.07) is 0. The van der Waals surface area contributed by atoms with E-state index in [1.165, 1.54) is 12.8 Å². The molecule has 0 aromatic carbocycles. The van der Waals surface area contributed by atoms with Gasteiger partial charge in [-0.3, -0.25) is 4.79 Å². The first-order valence-corrected chi connectivity index (χ1v) is 6.53. The van der Waals surface area contributed by atoms with Crippen molar-refractivity contribution in [3.05, 3.63) is 0 Å². The van der Waals surface area contributed by atoms with Crippen molar-refractivity contribution in [3.8, 4) is 0 Å². The third-order valence-corrected chi connectivity index (χ3v) is 5.59. The second-order valence-electron chi connectivity index (χ2n) is 6.50. The van der Waals surface area contributed by atoms with Crippen LogP contribution in [-0.4, -0.2) is 23.8 Å². The van der Waals surface area contributed by atoms with E-state index in [0.29, 0.717) is 29.8 Å². The summed E-state index contributed by atoms with van der Waals surface area (Å²) in [6.45, 7) is 0.933. The summed E-state index contributed by atoms with van der Waals surface area (Å²) in [7, 11) is 0. The Hall–Kier alpha value is -0.570. The number of aliphatic carboxylic acids is 1. The Balaban J connectivity index is 1.68. The molecule has 1 saturated heterocycles. The van der Waals surface area contributed by atoms with Crippen molar-refractivity contribution in [2.45, 2.75) is 38.2 Å². The van der Waals surface area contributed by atoms with Gasteiger partial charge in [0.15, 0.2) is 0 Å². The van der Waals surface area contributed by atoms with Gasteiger partial charge in [0, 0.05) is 0 Å². The monoisotopic (exact) mass is 222 g/mol. The molecule has 0 spiro atoms. The molecule has 3 atom stereocenters. The van der Waals surface area contributed by atoms with E-state index in [0.717, 1.165) is 25.9 Å². The van der Waals surface area contributed by atoms with Crippen molar-refractivity contribution >= 4 is 5.97 Å². The largest absolute Gasteiger partial charge is 0.481 e. The van der Waals surface area contributed by atoms with Crippen LogP contribution in [0.2, 0.25) is 0 Å². The highest BCUT2D eigenvalue weighted by Gasteiger charge is 2.61. The molecule has 5 aliphatic rings. The van der Waals surface area contributed by atoms with Crippen LogP contribution in [0.25, 0.3) is 0 Å². The van der Waals surface area contributed by atoms with E-state index in [-0.39, 0.29) is 5.41 Å². The number of carbonyl (C=O) groups is 1. The SMILES string of the molecule is O=C(O)C12CC3CC(C1)C(C1CO1)C(C3)C2. The van der Waals surface area contributed by atoms with Crippen LogP contribution in [0, 0.1) is 29.1 Å². The van der Waals surface area contributed by atoms with Crippen LogP contribution in [-0.2, 0) is 9.53 Å². The van der Waals surface area contributed by atoms with Crippen LogP contribution in [0.15, 0.2) is 0 Å². The van der Waals surface area contributed by atoms with Gasteiger partial charge in [0.1, 0.15) is 0 Å². The van der Waals surface area contributed by atoms with Gasteiger partial charge in [-0.2, -0.15) is 0 Å². The van der Waals surface area contributed by atoms with Crippen LogP contribution in [0.1, 0.15) is 32.1 Å². The Morgan fingerprint density at radius 2 is 1.81 bits per heavy atom. The molecule has 88 valence electrons. The highest BCUT2D eigenvalue weighted by molar-refractivity contribution is 5.75. The maximum absolute atomic E-state index is 11.5. The molecular formula is C13H18O3. The fourth-order valence-corrected chi connectivity index (χ4v) is 5.21. The summed E-state index contributed by atoms with van der Waals surface area (Å²) in [4.78, 5) is 11.5. The zero-order chi connectivity index (χ0) is 10.9. The number of epoxide rings is 1. The molecule has 0 aromatic rings. The zero-order valence-corrected chi connectivity index (χ0v) is 9.39. The molecule has 3 unspecified atom stereocenters. The summed E-state index contributed by atoms with van der Waals surface area (Å²) in [5, 5.41) is 9.49. The summed E-state index contributed by atoms with van der Waals surface area (Å²) in [5.41, 5.74) is -0.345. The van der Waals surface area contributed by atoms with Gasteiger partial charge >= 0.3 is 5.97 Å². The number of ether oxygens (including phenoxy) is 1. The predicted octanol–water partition coefficient (Wildman–Crippen LogP) is 1.91. The standard InChI is InChI=1S/C13H18O3/c14-12(15)13-3-7-1-8(4-13)11(10-6-16-10)9(2-7)5-13/h7-11H,1-6H2,(H,14,15).